The zero-order valence-corrected chi connectivity index (χ0v) is 17.1. The van der Waals surface area contributed by atoms with Gasteiger partial charge in [-0.1, -0.05) is 17.8 Å². The van der Waals surface area contributed by atoms with E-state index in [1.165, 1.54) is 23.1 Å². The summed E-state index contributed by atoms with van der Waals surface area (Å²) in [4.78, 5) is 31.9. The third kappa shape index (κ3) is 3.84. The van der Waals surface area contributed by atoms with E-state index in [0.717, 1.165) is 15.3 Å². The van der Waals surface area contributed by atoms with Gasteiger partial charge in [0.05, 0.1) is 18.2 Å². The summed E-state index contributed by atoms with van der Waals surface area (Å²) in [6, 6.07) is 6.99. The minimum Gasteiger partial charge on any atom is -0.497 e. The van der Waals surface area contributed by atoms with Crippen molar-refractivity contribution < 1.29 is 9.53 Å². The topological polar surface area (TPSA) is 61.2 Å². The maximum absolute atomic E-state index is 12.9. The van der Waals surface area contributed by atoms with Crippen LogP contribution in [0.25, 0.3) is 10.2 Å². The molecule has 0 N–H and O–H groups in total. The number of allylic oxidation sites excluding steroid dienone is 1. The van der Waals surface area contributed by atoms with E-state index in [-0.39, 0.29) is 17.1 Å². The first kappa shape index (κ1) is 19.4. The average molecular weight is 401 g/mol. The number of aromatic nitrogens is 2. The first-order valence-electron chi connectivity index (χ1n) is 8.37. The van der Waals surface area contributed by atoms with E-state index in [1.807, 2.05) is 13.8 Å². The predicted octanol–water partition coefficient (Wildman–Crippen LogP) is 4.24. The SMILES string of the molecule is C=CCn1c(SCC(=O)c2ccc(OC)cc2)nc2sc(C)c(C)c2c1=O. The third-order valence-electron chi connectivity index (χ3n) is 4.31. The fraction of sp³-hybridized carbons (Fsp3) is 0.250. The minimum atomic E-state index is -0.0823. The van der Waals surface area contributed by atoms with E-state index in [0.29, 0.717) is 28.4 Å². The van der Waals surface area contributed by atoms with Crippen molar-refractivity contribution in [2.45, 2.75) is 25.5 Å². The van der Waals surface area contributed by atoms with E-state index >= 15 is 0 Å². The number of aryl methyl sites for hydroxylation is 2. The highest BCUT2D eigenvalue weighted by Gasteiger charge is 2.17. The van der Waals surface area contributed by atoms with Crippen LogP contribution in [0.5, 0.6) is 5.75 Å². The van der Waals surface area contributed by atoms with Gasteiger partial charge >= 0.3 is 0 Å². The van der Waals surface area contributed by atoms with Crippen LogP contribution < -0.4 is 10.3 Å². The second-order valence-electron chi connectivity index (χ2n) is 6.00. The Bertz CT molecular complexity index is 1070. The number of rotatable bonds is 7. The number of hydrogen-bond donors (Lipinski definition) is 0. The van der Waals surface area contributed by atoms with Crippen LogP contribution in [0.4, 0.5) is 0 Å². The van der Waals surface area contributed by atoms with Crippen molar-refractivity contribution in [1.82, 2.24) is 9.55 Å². The number of thiophene rings is 1. The van der Waals surface area contributed by atoms with Gasteiger partial charge in [-0.15, -0.1) is 17.9 Å². The molecule has 140 valence electrons. The summed E-state index contributed by atoms with van der Waals surface area (Å²) in [5.74, 6) is 0.875. The lowest BCUT2D eigenvalue weighted by molar-refractivity contribution is 0.102. The van der Waals surface area contributed by atoms with Gasteiger partial charge < -0.3 is 4.74 Å². The summed E-state index contributed by atoms with van der Waals surface area (Å²) >= 11 is 2.78. The predicted molar refractivity (Wildman–Crippen MR) is 112 cm³/mol. The molecule has 0 bridgehead atoms. The Balaban J connectivity index is 1.91. The van der Waals surface area contributed by atoms with Gasteiger partial charge in [0.25, 0.3) is 5.56 Å². The van der Waals surface area contributed by atoms with E-state index in [9.17, 15) is 9.59 Å². The van der Waals surface area contributed by atoms with Crippen molar-refractivity contribution in [2.75, 3.05) is 12.9 Å². The molecular weight excluding hydrogens is 380 g/mol. The van der Waals surface area contributed by atoms with E-state index in [1.54, 1.807) is 42.0 Å². The number of nitrogens with zero attached hydrogens (tertiary/aromatic N) is 2. The summed E-state index contributed by atoms with van der Waals surface area (Å²) in [7, 11) is 1.58. The number of carbonyl (C=O) groups excluding carboxylic acids is 1. The third-order valence-corrected chi connectivity index (χ3v) is 6.39. The van der Waals surface area contributed by atoms with Crippen molar-refractivity contribution >= 4 is 39.1 Å². The van der Waals surface area contributed by atoms with Crippen LogP contribution in [0.3, 0.4) is 0 Å². The summed E-state index contributed by atoms with van der Waals surface area (Å²) in [6.45, 7) is 8.01. The summed E-state index contributed by atoms with van der Waals surface area (Å²) in [5.41, 5.74) is 1.49. The lowest BCUT2D eigenvalue weighted by atomic mass is 10.1. The van der Waals surface area contributed by atoms with Gasteiger partial charge in [-0.25, -0.2) is 4.98 Å². The molecule has 2 aromatic heterocycles. The Morgan fingerprint density at radius 3 is 2.67 bits per heavy atom. The van der Waals surface area contributed by atoms with Gasteiger partial charge in [-0.05, 0) is 43.7 Å². The molecule has 7 heteroatoms. The highest BCUT2D eigenvalue weighted by Crippen LogP contribution is 2.28. The van der Waals surface area contributed by atoms with Crippen LogP contribution in [0.2, 0.25) is 0 Å². The molecule has 0 fully saturated rings. The van der Waals surface area contributed by atoms with Gasteiger partial charge in [0.2, 0.25) is 0 Å². The lowest BCUT2D eigenvalue weighted by Gasteiger charge is -2.10. The zero-order chi connectivity index (χ0) is 19.6. The van der Waals surface area contributed by atoms with Gasteiger partial charge in [0, 0.05) is 17.0 Å². The molecule has 1 aromatic carbocycles. The molecule has 0 aliphatic heterocycles. The number of fused-ring (bicyclic) bond motifs is 1. The van der Waals surface area contributed by atoms with Crippen LogP contribution in [0.15, 0.2) is 46.9 Å². The van der Waals surface area contributed by atoms with Crippen molar-refractivity contribution in [3.63, 3.8) is 0 Å². The quantitative estimate of drug-likeness (QED) is 0.257. The Labute approximate surface area is 165 Å². The average Bonchev–Trinajstić information content (AvgIpc) is 2.96. The molecule has 0 amide bonds. The molecule has 27 heavy (non-hydrogen) atoms. The molecule has 0 radical (unpaired) electrons. The van der Waals surface area contributed by atoms with E-state index in [2.05, 4.69) is 11.6 Å². The number of ether oxygens (including phenoxy) is 1. The monoisotopic (exact) mass is 400 g/mol. The molecule has 3 rings (SSSR count). The number of methoxy groups -OCH3 is 1. The molecule has 3 aromatic rings. The van der Waals surface area contributed by atoms with Gasteiger partial charge in [-0.2, -0.15) is 0 Å². The highest BCUT2D eigenvalue weighted by molar-refractivity contribution is 7.99. The highest BCUT2D eigenvalue weighted by atomic mass is 32.2. The number of carbonyl (C=O) groups is 1. The number of Topliss-reactive ketones (excluding diaryl/α,β-unsaturated/α-hetero) is 1. The van der Waals surface area contributed by atoms with E-state index in [4.69, 9.17) is 4.74 Å². The second kappa shape index (κ2) is 8.10. The fourth-order valence-corrected chi connectivity index (χ4v) is 4.67. The molecule has 0 unspecified atom stereocenters. The van der Waals surface area contributed by atoms with Crippen molar-refractivity contribution in [1.29, 1.82) is 0 Å². The van der Waals surface area contributed by atoms with Crippen LogP contribution in [0.1, 0.15) is 20.8 Å². The van der Waals surface area contributed by atoms with Gasteiger partial charge in [0.1, 0.15) is 10.6 Å². The molecular formula is C20H20N2O3S2. The molecule has 0 saturated carbocycles. The second-order valence-corrected chi connectivity index (χ2v) is 8.15. The first-order valence-corrected chi connectivity index (χ1v) is 10.2. The van der Waals surface area contributed by atoms with Gasteiger partial charge in [-0.3, -0.25) is 14.2 Å². The summed E-state index contributed by atoms with van der Waals surface area (Å²) in [5, 5.41) is 1.20. The number of ketones is 1. The molecule has 0 aliphatic carbocycles. The molecule has 0 aliphatic rings. The van der Waals surface area contributed by atoms with Crippen LogP contribution in [-0.4, -0.2) is 28.2 Å². The summed E-state index contributed by atoms with van der Waals surface area (Å²) in [6.07, 6.45) is 1.67. The van der Waals surface area contributed by atoms with Crippen molar-refractivity contribution in [3.8, 4) is 5.75 Å². The maximum Gasteiger partial charge on any atom is 0.263 e. The Morgan fingerprint density at radius 2 is 2.04 bits per heavy atom. The lowest BCUT2D eigenvalue weighted by Crippen LogP contribution is -2.23. The van der Waals surface area contributed by atoms with Crippen molar-refractivity contribution in [3.05, 3.63) is 63.3 Å². The molecule has 0 saturated heterocycles. The number of hydrogen-bond acceptors (Lipinski definition) is 6. The standard InChI is InChI=1S/C20H20N2O3S2/c1-5-10-22-19(24)17-12(2)13(3)27-18(17)21-20(22)26-11-16(23)14-6-8-15(25-4)9-7-14/h5-9H,1,10-11H2,2-4H3. The largest absolute Gasteiger partial charge is 0.497 e. The fourth-order valence-electron chi connectivity index (χ4n) is 2.70. The normalized spacial score (nSPS) is 10.9. The molecule has 0 atom stereocenters. The van der Waals surface area contributed by atoms with E-state index < -0.39 is 0 Å². The minimum absolute atomic E-state index is 0.0271. The Kier molecular flexibility index (Phi) is 5.82. The van der Waals surface area contributed by atoms with Crippen molar-refractivity contribution in [2.24, 2.45) is 0 Å². The molecule has 5 nitrogen and oxygen atoms in total. The smallest absolute Gasteiger partial charge is 0.263 e. The zero-order valence-electron chi connectivity index (χ0n) is 15.4. The van der Waals surface area contributed by atoms with Crippen LogP contribution in [-0.2, 0) is 6.54 Å². The first-order chi connectivity index (χ1) is 13.0. The summed E-state index contributed by atoms with van der Waals surface area (Å²) < 4.78 is 6.70. The maximum atomic E-state index is 12.9. The molecule has 2 heterocycles. The number of benzene rings is 1. The number of thioether (sulfide) groups is 1. The van der Waals surface area contributed by atoms with Gasteiger partial charge in [0.15, 0.2) is 10.9 Å². The van der Waals surface area contributed by atoms with Crippen LogP contribution in [0, 0.1) is 13.8 Å². The van der Waals surface area contributed by atoms with Crippen LogP contribution >= 0.6 is 23.1 Å². The molecule has 0 spiro atoms. The Hall–Kier alpha value is -2.38. The Morgan fingerprint density at radius 1 is 1.33 bits per heavy atom.